The molecule has 0 aromatic heterocycles. The molecule has 0 saturated heterocycles. The van der Waals surface area contributed by atoms with E-state index in [1.165, 1.54) is 11.8 Å². The van der Waals surface area contributed by atoms with Crippen molar-refractivity contribution in [3.05, 3.63) is 40.4 Å². The number of anilines is 1. The first-order valence-corrected chi connectivity index (χ1v) is 11.6. The Kier molecular flexibility index (Phi) is 6.72. The molecule has 0 atom stereocenters. The van der Waals surface area contributed by atoms with Crippen LogP contribution in [-0.2, 0) is 0 Å². The first kappa shape index (κ1) is 24.3. The highest BCUT2D eigenvalue weighted by atomic mass is 35.5. The first-order chi connectivity index (χ1) is 14.8. The summed E-state index contributed by atoms with van der Waals surface area (Å²) in [5, 5.41) is 8.78. The molecule has 2 aromatic carbocycles. The highest BCUT2D eigenvalue weighted by molar-refractivity contribution is 7.99. The maximum Gasteiger partial charge on any atom is 0.158 e. The number of nitrogens with two attached hydrogens (primary N) is 2. The number of rotatable bonds is 6. The number of hydrogen-bond donors (Lipinski definition) is 3. The number of aliphatic imine (C=N–C) groups is 1. The average molecular weight is 475 g/mol. The van der Waals surface area contributed by atoms with E-state index in [0.717, 1.165) is 4.90 Å². The quantitative estimate of drug-likeness (QED) is 0.447. The largest absolute Gasteiger partial charge is 0.491 e. The van der Waals surface area contributed by atoms with Crippen LogP contribution in [0.1, 0.15) is 52.7 Å². The van der Waals surface area contributed by atoms with Crippen molar-refractivity contribution in [2.75, 3.05) is 18.9 Å². The molecule has 8 heteroatoms. The van der Waals surface area contributed by atoms with Gasteiger partial charge in [-0.1, -0.05) is 77.0 Å². The fourth-order valence-corrected chi connectivity index (χ4v) is 4.32. The second kappa shape index (κ2) is 8.87. The van der Waals surface area contributed by atoms with Crippen molar-refractivity contribution < 1.29 is 9.47 Å². The summed E-state index contributed by atoms with van der Waals surface area (Å²) in [6.45, 7) is 13.3. The van der Waals surface area contributed by atoms with E-state index < -0.39 is 0 Å². The van der Waals surface area contributed by atoms with E-state index in [4.69, 9.17) is 38.0 Å². The molecule has 1 aliphatic rings. The van der Waals surface area contributed by atoms with Crippen LogP contribution in [0.3, 0.4) is 0 Å². The van der Waals surface area contributed by atoms with Gasteiger partial charge in [-0.25, -0.2) is 4.99 Å². The lowest BCUT2D eigenvalue weighted by molar-refractivity contribution is 0.189. The van der Waals surface area contributed by atoms with Crippen LogP contribution in [0.15, 0.2) is 39.0 Å². The maximum absolute atomic E-state index is 8.42. The molecule has 0 bridgehead atoms. The number of nitrogens with zero attached hydrogens (tertiary/aromatic N) is 1. The molecule has 0 unspecified atom stereocenters. The summed E-state index contributed by atoms with van der Waals surface area (Å²) in [6, 6.07) is 7.55. The summed E-state index contributed by atoms with van der Waals surface area (Å²) in [4.78, 5) is 5.68. The lowest BCUT2D eigenvalue weighted by Crippen LogP contribution is -2.21. The van der Waals surface area contributed by atoms with Gasteiger partial charge in [0, 0.05) is 10.6 Å². The van der Waals surface area contributed by atoms with Crippen molar-refractivity contribution in [3.63, 3.8) is 0 Å². The topological polar surface area (TPSA) is 107 Å². The molecule has 0 spiro atoms. The molecule has 1 aliphatic heterocycles. The van der Waals surface area contributed by atoms with E-state index >= 15 is 0 Å². The number of amidine groups is 2. The molecule has 0 fully saturated rings. The minimum atomic E-state index is -0.109. The van der Waals surface area contributed by atoms with Gasteiger partial charge in [-0.2, -0.15) is 0 Å². The van der Waals surface area contributed by atoms with Crippen LogP contribution < -0.4 is 20.9 Å². The third-order valence-corrected chi connectivity index (χ3v) is 6.12. The number of nitrogen functional groups attached to an aromatic ring is 1. The second-order valence-electron chi connectivity index (χ2n) is 10.2. The van der Waals surface area contributed by atoms with Crippen LogP contribution in [0.4, 0.5) is 5.69 Å². The van der Waals surface area contributed by atoms with Gasteiger partial charge in [0.15, 0.2) is 11.6 Å². The maximum atomic E-state index is 8.42. The first-order valence-electron chi connectivity index (χ1n) is 10.4. The molecule has 0 amide bonds. The standard InChI is InChI=1S/C24H31ClN4O2S/c1-23(2,3)11-30-18-15-16(22(28)29-21(15)27)19(31-12-24(4,5)6)20(17(18)25)32-14-10-8-7-9-13(14)26/h7-10H,11-12,26H2,1-6H3,(H3,27,28,29). The predicted molar refractivity (Wildman–Crippen MR) is 134 cm³/mol. The number of hydrogen-bond acceptors (Lipinski definition) is 6. The Labute approximate surface area is 199 Å². The molecule has 0 radical (unpaired) electrons. The molecule has 1 heterocycles. The third-order valence-electron chi connectivity index (χ3n) is 4.46. The molecule has 32 heavy (non-hydrogen) atoms. The van der Waals surface area contributed by atoms with Gasteiger partial charge in [-0.05, 0) is 23.0 Å². The van der Waals surface area contributed by atoms with Crippen LogP contribution in [0, 0.1) is 16.2 Å². The van der Waals surface area contributed by atoms with Crippen LogP contribution in [0.2, 0.25) is 5.02 Å². The van der Waals surface area contributed by atoms with Crippen molar-refractivity contribution >= 4 is 40.7 Å². The van der Waals surface area contributed by atoms with Gasteiger partial charge in [0.2, 0.25) is 0 Å². The Hall–Kier alpha value is -2.38. The third kappa shape index (κ3) is 5.33. The van der Waals surface area contributed by atoms with Gasteiger partial charge in [0.25, 0.3) is 0 Å². The smallest absolute Gasteiger partial charge is 0.158 e. The van der Waals surface area contributed by atoms with E-state index in [2.05, 4.69) is 46.5 Å². The zero-order valence-corrected chi connectivity index (χ0v) is 21.0. The van der Waals surface area contributed by atoms with Gasteiger partial charge in [-0.15, -0.1) is 0 Å². The molecule has 0 saturated carbocycles. The Morgan fingerprint density at radius 3 is 2.06 bits per heavy atom. The number of fused-ring (bicyclic) bond motifs is 1. The van der Waals surface area contributed by atoms with E-state index in [1.807, 2.05) is 24.3 Å². The summed E-state index contributed by atoms with van der Waals surface area (Å²) in [6.07, 6.45) is 0. The molecule has 6 nitrogen and oxygen atoms in total. The van der Waals surface area contributed by atoms with Crippen molar-refractivity contribution in [1.29, 1.82) is 5.41 Å². The van der Waals surface area contributed by atoms with Gasteiger partial charge < -0.3 is 20.9 Å². The number of benzene rings is 2. The number of ether oxygens (including phenoxy) is 2. The Balaban J connectivity index is 2.23. The number of halogens is 1. The van der Waals surface area contributed by atoms with Gasteiger partial charge in [0.05, 0.1) is 29.2 Å². The monoisotopic (exact) mass is 474 g/mol. The van der Waals surface area contributed by atoms with E-state index in [9.17, 15) is 0 Å². The number of para-hydroxylation sites is 1. The summed E-state index contributed by atoms with van der Waals surface area (Å²) in [7, 11) is 0. The van der Waals surface area contributed by atoms with Crippen LogP contribution in [-0.4, -0.2) is 24.9 Å². The van der Waals surface area contributed by atoms with Crippen molar-refractivity contribution in [2.24, 2.45) is 21.6 Å². The SMILES string of the molecule is CC(C)(C)COc1c(Cl)c(Sc2ccccc2N)c(OCC(C)(C)C)c2c1C(=N)N=C2N. The van der Waals surface area contributed by atoms with Gasteiger partial charge in [0.1, 0.15) is 16.6 Å². The zero-order valence-electron chi connectivity index (χ0n) is 19.4. The van der Waals surface area contributed by atoms with Crippen molar-refractivity contribution in [3.8, 4) is 11.5 Å². The van der Waals surface area contributed by atoms with Gasteiger partial charge in [-0.3, -0.25) is 5.41 Å². The highest BCUT2D eigenvalue weighted by Gasteiger charge is 2.35. The Bertz CT molecular complexity index is 1080. The lowest BCUT2D eigenvalue weighted by atomic mass is 9.98. The van der Waals surface area contributed by atoms with E-state index in [-0.39, 0.29) is 22.5 Å². The van der Waals surface area contributed by atoms with E-state index in [1.54, 1.807) is 0 Å². The Morgan fingerprint density at radius 1 is 0.938 bits per heavy atom. The van der Waals surface area contributed by atoms with Gasteiger partial charge >= 0.3 is 0 Å². The molecular weight excluding hydrogens is 444 g/mol. The highest BCUT2D eigenvalue weighted by Crippen LogP contribution is 2.51. The molecule has 172 valence electrons. The summed E-state index contributed by atoms with van der Waals surface area (Å²) < 4.78 is 12.5. The van der Waals surface area contributed by atoms with Crippen LogP contribution >= 0.6 is 23.4 Å². The molecule has 2 aromatic rings. The molecule has 5 N–H and O–H groups in total. The zero-order chi connectivity index (χ0) is 23.8. The number of nitrogens with one attached hydrogen (secondary N) is 1. The van der Waals surface area contributed by atoms with Crippen LogP contribution in [0.25, 0.3) is 0 Å². The Morgan fingerprint density at radius 2 is 1.50 bits per heavy atom. The lowest BCUT2D eigenvalue weighted by Gasteiger charge is -2.26. The second-order valence-corrected chi connectivity index (χ2v) is 11.7. The fraction of sp³-hybridized carbons (Fsp3) is 0.417. The van der Waals surface area contributed by atoms with Crippen molar-refractivity contribution in [1.82, 2.24) is 0 Å². The van der Waals surface area contributed by atoms with E-state index in [0.29, 0.717) is 51.4 Å². The molecule has 3 rings (SSSR count). The summed E-state index contributed by atoms with van der Waals surface area (Å²) in [5.74, 6) is 1.12. The minimum absolute atomic E-state index is 0.0136. The fourth-order valence-electron chi connectivity index (χ4n) is 2.98. The minimum Gasteiger partial charge on any atom is -0.491 e. The normalized spacial score (nSPS) is 13.7. The predicted octanol–water partition coefficient (Wildman–Crippen LogP) is 5.97. The van der Waals surface area contributed by atoms with Crippen LogP contribution in [0.5, 0.6) is 11.5 Å². The average Bonchev–Trinajstić information content (AvgIpc) is 2.95. The molecular formula is C24H31ClN4O2S. The summed E-state index contributed by atoms with van der Waals surface area (Å²) >= 11 is 8.33. The molecule has 0 aliphatic carbocycles. The van der Waals surface area contributed by atoms with Crippen molar-refractivity contribution in [2.45, 2.75) is 51.3 Å². The summed E-state index contributed by atoms with van der Waals surface area (Å²) in [5.41, 5.74) is 13.9.